The van der Waals surface area contributed by atoms with Gasteiger partial charge in [-0.05, 0) is 18.6 Å². The fourth-order valence-electron chi connectivity index (χ4n) is 1.16. The van der Waals surface area contributed by atoms with Crippen LogP contribution in [0.3, 0.4) is 0 Å². The molecule has 0 spiro atoms. The number of anilines is 1. The van der Waals surface area contributed by atoms with E-state index in [1.165, 1.54) is 0 Å². The van der Waals surface area contributed by atoms with Crippen molar-refractivity contribution in [3.63, 3.8) is 0 Å². The fourth-order valence-corrected chi connectivity index (χ4v) is 1.16. The molecule has 2 aromatic heterocycles. The lowest BCUT2D eigenvalue weighted by molar-refractivity contribution is 1.09. The second-order valence-corrected chi connectivity index (χ2v) is 2.60. The van der Waals surface area contributed by atoms with E-state index in [0.29, 0.717) is 5.82 Å². The van der Waals surface area contributed by atoms with Crippen LogP contribution in [0, 0.1) is 6.92 Å². The number of aromatic amines is 1. The molecule has 0 aliphatic heterocycles. The summed E-state index contributed by atoms with van der Waals surface area (Å²) in [5.74, 6) is 5.87. The number of nitrogens with zero attached hydrogens (tertiary/aromatic N) is 2. The van der Waals surface area contributed by atoms with Crippen LogP contribution in [0.5, 0.6) is 0 Å². The third-order valence-corrected chi connectivity index (χ3v) is 1.78. The van der Waals surface area contributed by atoms with Gasteiger partial charge in [-0.1, -0.05) is 0 Å². The van der Waals surface area contributed by atoms with Crippen LogP contribution >= 0.6 is 0 Å². The number of nitrogens with one attached hydrogen (secondary N) is 2. The van der Waals surface area contributed by atoms with Crippen molar-refractivity contribution in [2.45, 2.75) is 6.92 Å². The second-order valence-electron chi connectivity index (χ2n) is 2.60. The maximum atomic E-state index is 5.23. The number of nitrogens with two attached hydrogens (primary N) is 1. The first-order valence-electron chi connectivity index (χ1n) is 3.58. The van der Waals surface area contributed by atoms with Gasteiger partial charge >= 0.3 is 0 Å². The molecule has 0 bridgehead atoms. The SMILES string of the molecule is Cc1cc(NN)nc2[nH]ncc12. The van der Waals surface area contributed by atoms with Crippen molar-refractivity contribution in [3.05, 3.63) is 17.8 Å². The Morgan fingerprint density at radius 2 is 2.42 bits per heavy atom. The van der Waals surface area contributed by atoms with Crippen molar-refractivity contribution in [1.29, 1.82) is 0 Å². The van der Waals surface area contributed by atoms with Crippen molar-refractivity contribution >= 4 is 16.9 Å². The summed E-state index contributed by atoms with van der Waals surface area (Å²) in [5.41, 5.74) is 4.34. The van der Waals surface area contributed by atoms with Crippen molar-refractivity contribution in [3.8, 4) is 0 Å². The molecule has 0 aliphatic rings. The van der Waals surface area contributed by atoms with Gasteiger partial charge in [-0.3, -0.25) is 5.10 Å². The average molecular weight is 163 g/mol. The quantitative estimate of drug-likeness (QED) is 0.423. The van der Waals surface area contributed by atoms with Gasteiger partial charge in [0.15, 0.2) is 5.65 Å². The molecular formula is C7H9N5. The van der Waals surface area contributed by atoms with Crippen LogP contribution in [0.15, 0.2) is 12.3 Å². The summed E-state index contributed by atoms with van der Waals surface area (Å²) in [6, 6.07) is 1.87. The van der Waals surface area contributed by atoms with E-state index < -0.39 is 0 Å². The molecule has 62 valence electrons. The maximum absolute atomic E-state index is 5.23. The van der Waals surface area contributed by atoms with Crippen LogP contribution in [0.1, 0.15) is 5.56 Å². The van der Waals surface area contributed by atoms with Gasteiger partial charge in [0.05, 0.1) is 6.20 Å². The number of H-pyrrole nitrogens is 1. The summed E-state index contributed by atoms with van der Waals surface area (Å²) >= 11 is 0. The molecule has 4 N–H and O–H groups in total. The topological polar surface area (TPSA) is 79.6 Å². The molecule has 0 unspecified atom stereocenters. The summed E-state index contributed by atoms with van der Waals surface area (Å²) in [6.07, 6.45) is 1.75. The summed E-state index contributed by atoms with van der Waals surface area (Å²) in [7, 11) is 0. The molecule has 0 amide bonds. The van der Waals surface area contributed by atoms with E-state index in [9.17, 15) is 0 Å². The zero-order chi connectivity index (χ0) is 8.55. The van der Waals surface area contributed by atoms with Gasteiger partial charge in [-0.2, -0.15) is 5.10 Å². The minimum Gasteiger partial charge on any atom is -0.308 e. The van der Waals surface area contributed by atoms with Gasteiger partial charge in [-0.15, -0.1) is 0 Å². The third kappa shape index (κ3) is 0.911. The number of fused-ring (bicyclic) bond motifs is 1. The minimum atomic E-state index is 0.643. The number of nitrogen functional groups attached to an aromatic ring is 1. The fraction of sp³-hybridized carbons (Fsp3) is 0.143. The molecule has 0 radical (unpaired) electrons. The highest BCUT2D eigenvalue weighted by Crippen LogP contribution is 2.16. The monoisotopic (exact) mass is 163 g/mol. The Balaban J connectivity index is 2.75. The number of pyridine rings is 1. The van der Waals surface area contributed by atoms with Gasteiger partial charge < -0.3 is 5.43 Å². The third-order valence-electron chi connectivity index (χ3n) is 1.78. The molecule has 5 heteroatoms. The van der Waals surface area contributed by atoms with Crippen LogP contribution in [0.4, 0.5) is 5.82 Å². The van der Waals surface area contributed by atoms with E-state index in [1.54, 1.807) is 6.20 Å². The van der Waals surface area contributed by atoms with E-state index in [2.05, 4.69) is 20.6 Å². The van der Waals surface area contributed by atoms with E-state index in [0.717, 1.165) is 16.6 Å². The van der Waals surface area contributed by atoms with Gasteiger partial charge in [0, 0.05) is 5.39 Å². The summed E-state index contributed by atoms with van der Waals surface area (Å²) in [6.45, 7) is 1.99. The summed E-state index contributed by atoms with van der Waals surface area (Å²) < 4.78 is 0. The van der Waals surface area contributed by atoms with Gasteiger partial charge in [-0.25, -0.2) is 10.8 Å². The van der Waals surface area contributed by atoms with Crippen molar-refractivity contribution in [1.82, 2.24) is 15.2 Å². The zero-order valence-electron chi connectivity index (χ0n) is 6.63. The summed E-state index contributed by atoms with van der Waals surface area (Å²) in [5, 5.41) is 7.68. The smallest absolute Gasteiger partial charge is 0.157 e. The Kier molecular flexibility index (Phi) is 1.44. The number of aromatic nitrogens is 3. The van der Waals surface area contributed by atoms with Crippen LogP contribution < -0.4 is 11.3 Å². The van der Waals surface area contributed by atoms with Gasteiger partial charge in [0.25, 0.3) is 0 Å². The van der Waals surface area contributed by atoms with Gasteiger partial charge in [0.1, 0.15) is 5.82 Å². The molecule has 2 rings (SSSR count). The normalized spacial score (nSPS) is 10.5. The standard InChI is InChI=1S/C7H9N5/c1-4-2-6(11-8)10-7-5(4)3-9-12-7/h2-3H,8H2,1H3,(H2,9,10,11,12). The number of hydrogen-bond acceptors (Lipinski definition) is 4. The van der Waals surface area contributed by atoms with Crippen LogP contribution in [-0.2, 0) is 0 Å². The number of rotatable bonds is 1. The first kappa shape index (κ1) is 7.05. The predicted molar refractivity (Wildman–Crippen MR) is 46.4 cm³/mol. The number of hydrazine groups is 1. The Bertz CT molecular complexity index is 405. The van der Waals surface area contributed by atoms with Crippen molar-refractivity contribution < 1.29 is 0 Å². The summed E-state index contributed by atoms with van der Waals surface area (Å²) in [4.78, 5) is 4.16. The van der Waals surface area contributed by atoms with E-state index in [1.807, 2.05) is 13.0 Å². The zero-order valence-corrected chi connectivity index (χ0v) is 6.63. The predicted octanol–water partition coefficient (Wildman–Crippen LogP) is 0.552. The first-order chi connectivity index (χ1) is 5.81. The van der Waals surface area contributed by atoms with Crippen molar-refractivity contribution in [2.24, 2.45) is 5.84 Å². The molecule has 12 heavy (non-hydrogen) atoms. The Hall–Kier alpha value is -1.62. The van der Waals surface area contributed by atoms with Crippen LogP contribution in [0.25, 0.3) is 11.0 Å². The van der Waals surface area contributed by atoms with E-state index in [4.69, 9.17) is 5.84 Å². The average Bonchev–Trinajstić information content (AvgIpc) is 2.52. The Labute approximate surface area is 69.0 Å². The Morgan fingerprint density at radius 1 is 1.58 bits per heavy atom. The molecule has 2 aromatic rings. The highest BCUT2D eigenvalue weighted by atomic mass is 15.3. The largest absolute Gasteiger partial charge is 0.308 e. The molecule has 0 fully saturated rings. The first-order valence-corrected chi connectivity index (χ1v) is 3.58. The molecule has 0 aliphatic carbocycles. The molecule has 5 nitrogen and oxygen atoms in total. The van der Waals surface area contributed by atoms with Gasteiger partial charge in [0.2, 0.25) is 0 Å². The van der Waals surface area contributed by atoms with Crippen molar-refractivity contribution in [2.75, 3.05) is 5.43 Å². The molecule has 0 aromatic carbocycles. The lowest BCUT2D eigenvalue weighted by Crippen LogP contribution is -2.08. The van der Waals surface area contributed by atoms with E-state index in [-0.39, 0.29) is 0 Å². The lowest BCUT2D eigenvalue weighted by Gasteiger charge is -2.00. The van der Waals surface area contributed by atoms with Crippen LogP contribution in [-0.4, -0.2) is 15.2 Å². The van der Waals surface area contributed by atoms with Crippen LogP contribution in [0.2, 0.25) is 0 Å². The minimum absolute atomic E-state index is 0.643. The molecule has 0 saturated heterocycles. The molecule has 2 heterocycles. The maximum Gasteiger partial charge on any atom is 0.157 e. The lowest BCUT2D eigenvalue weighted by atomic mass is 10.2. The molecule has 0 atom stereocenters. The van der Waals surface area contributed by atoms with E-state index >= 15 is 0 Å². The molecule has 0 saturated carbocycles. The second kappa shape index (κ2) is 2.46. The Morgan fingerprint density at radius 3 is 3.17 bits per heavy atom. The molecular weight excluding hydrogens is 154 g/mol. The highest BCUT2D eigenvalue weighted by molar-refractivity contribution is 5.79. The number of hydrogen-bond donors (Lipinski definition) is 3. The highest BCUT2D eigenvalue weighted by Gasteiger charge is 2.02. The number of aryl methyl sites for hydroxylation is 1.